The molecule has 0 aliphatic carbocycles. The van der Waals surface area contributed by atoms with E-state index in [9.17, 15) is 0 Å². The Morgan fingerprint density at radius 3 is 2.57 bits per heavy atom. The summed E-state index contributed by atoms with van der Waals surface area (Å²) in [6, 6.07) is 18.6. The van der Waals surface area contributed by atoms with Crippen LogP contribution in [0.1, 0.15) is 18.2 Å². The minimum Gasteiger partial charge on any atom is -0.327 e. The third kappa shape index (κ3) is 2.97. The molecule has 0 radical (unpaired) electrons. The molecule has 3 heteroatoms. The van der Waals surface area contributed by atoms with Gasteiger partial charge >= 0.3 is 0 Å². The van der Waals surface area contributed by atoms with Crippen molar-refractivity contribution in [3.8, 4) is 11.3 Å². The SMILES string of the molecule is CCc1[nH]c(Nc2cccc(C)c2)nc1-c1ccccc1. The molecule has 21 heavy (non-hydrogen) atoms. The van der Waals surface area contributed by atoms with Gasteiger partial charge in [0.05, 0.1) is 5.69 Å². The number of H-pyrrole nitrogens is 1. The molecule has 2 N–H and O–H groups in total. The van der Waals surface area contributed by atoms with Gasteiger partial charge in [-0.3, -0.25) is 0 Å². The molecule has 0 aliphatic rings. The van der Waals surface area contributed by atoms with Gasteiger partial charge in [-0.05, 0) is 31.0 Å². The van der Waals surface area contributed by atoms with E-state index in [1.54, 1.807) is 0 Å². The van der Waals surface area contributed by atoms with Crippen LogP contribution in [0, 0.1) is 6.92 Å². The number of nitrogens with one attached hydrogen (secondary N) is 2. The first kappa shape index (κ1) is 13.4. The van der Waals surface area contributed by atoms with Crippen LogP contribution in [0.4, 0.5) is 11.6 Å². The highest BCUT2D eigenvalue weighted by molar-refractivity contribution is 5.66. The highest BCUT2D eigenvalue weighted by Crippen LogP contribution is 2.25. The zero-order valence-corrected chi connectivity index (χ0v) is 12.4. The topological polar surface area (TPSA) is 40.7 Å². The molecule has 0 aliphatic heterocycles. The summed E-state index contributed by atoms with van der Waals surface area (Å²) in [6.07, 6.45) is 0.923. The van der Waals surface area contributed by atoms with E-state index in [4.69, 9.17) is 4.98 Å². The van der Waals surface area contributed by atoms with E-state index in [2.05, 4.69) is 48.4 Å². The molecular formula is C18H19N3. The average molecular weight is 277 g/mol. The quantitative estimate of drug-likeness (QED) is 0.726. The maximum absolute atomic E-state index is 4.71. The van der Waals surface area contributed by atoms with E-state index in [-0.39, 0.29) is 0 Å². The van der Waals surface area contributed by atoms with Gasteiger partial charge < -0.3 is 10.3 Å². The number of aromatic amines is 1. The lowest BCUT2D eigenvalue weighted by Crippen LogP contribution is -1.92. The first-order chi connectivity index (χ1) is 10.3. The van der Waals surface area contributed by atoms with Gasteiger partial charge in [0.25, 0.3) is 0 Å². The van der Waals surface area contributed by atoms with E-state index in [1.165, 1.54) is 5.56 Å². The molecule has 0 bridgehead atoms. The first-order valence-electron chi connectivity index (χ1n) is 7.24. The van der Waals surface area contributed by atoms with Crippen molar-refractivity contribution in [2.45, 2.75) is 20.3 Å². The Bertz CT molecular complexity index is 729. The molecule has 0 fully saturated rings. The van der Waals surface area contributed by atoms with E-state index < -0.39 is 0 Å². The lowest BCUT2D eigenvalue weighted by molar-refractivity contribution is 1.07. The molecular weight excluding hydrogens is 258 g/mol. The molecule has 0 saturated carbocycles. The highest BCUT2D eigenvalue weighted by atomic mass is 15.1. The van der Waals surface area contributed by atoms with Crippen LogP contribution in [0.25, 0.3) is 11.3 Å². The molecule has 0 amide bonds. The summed E-state index contributed by atoms with van der Waals surface area (Å²) in [7, 11) is 0. The second-order valence-corrected chi connectivity index (χ2v) is 5.13. The Morgan fingerprint density at radius 1 is 1.05 bits per heavy atom. The van der Waals surface area contributed by atoms with E-state index >= 15 is 0 Å². The number of benzene rings is 2. The fourth-order valence-electron chi connectivity index (χ4n) is 2.42. The predicted molar refractivity (Wildman–Crippen MR) is 87.9 cm³/mol. The number of anilines is 2. The Kier molecular flexibility index (Phi) is 3.73. The second kappa shape index (κ2) is 5.83. The normalized spacial score (nSPS) is 10.6. The Labute approximate surface area is 125 Å². The minimum absolute atomic E-state index is 0.788. The molecule has 0 unspecified atom stereocenters. The maximum Gasteiger partial charge on any atom is 0.205 e. The van der Waals surface area contributed by atoms with Crippen molar-refractivity contribution >= 4 is 11.6 Å². The van der Waals surface area contributed by atoms with Crippen LogP contribution in [0.5, 0.6) is 0 Å². The summed E-state index contributed by atoms with van der Waals surface area (Å²) in [5, 5.41) is 3.34. The number of imidazole rings is 1. The minimum atomic E-state index is 0.788. The molecule has 1 aromatic heterocycles. The van der Waals surface area contributed by atoms with Crippen molar-refractivity contribution in [3.63, 3.8) is 0 Å². The van der Waals surface area contributed by atoms with Gasteiger partial charge in [0, 0.05) is 16.9 Å². The molecule has 2 aromatic carbocycles. The third-order valence-corrected chi connectivity index (χ3v) is 3.46. The smallest absolute Gasteiger partial charge is 0.205 e. The van der Waals surface area contributed by atoms with Crippen molar-refractivity contribution < 1.29 is 0 Å². The molecule has 106 valence electrons. The van der Waals surface area contributed by atoms with Crippen molar-refractivity contribution in [1.29, 1.82) is 0 Å². The summed E-state index contributed by atoms with van der Waals surface area (Å²) >= 11 is 0. The predicted octanol–water partition coefficient (Wildman–Crippen LogP) is 4.69. The molecule has 0 spiro atoms. The largest absolute Gasteiger partial charge is 0.327 e. The fraction of sp³-hybridized carbons (Fsp3) is 0.167. The zero-order valence-electron chi connectivity index (χ0n) is 12.4. The van der Waals surface area contributed by atoms with E-state index in [0.29, 0.717) is 0 Å². The Balaban J connectivity index is 1.93. The molecule has 0 saturated heterocycles. The lowest BCUT2D eigenvalue weighted by Gasteiger charge is -2.03. The number of aryl methyl sites for hydroxylation is 2. The monoisotopic (exact) mass is 277 g/mol. The summed E-state index contributed by atoms with van der Waals surface area (Å²) in [4.78, 5) is 8.09. The number of nitrogens with zero attached hydrogens (tertiary/aromatic N) is 1. The van der Waals surface area contributed by atoms with Crippen LogP contribution >= 0.6 is 0 Å². The maximum atomic E-state index is 4.71. The first-order valence-corrected chi connectivity index (χ1v) is 7.24. The standard InChI is InChI=1S/C18H19N3/c1-3-16-17(14-9-5-4-6-10-14)21-18(20-16)19-15-11-7-8-13(2)12-15/h4-12H,3H2,1-2H3,(H2,19,20,21). The number of aromatic nitrogens is 2. The second-order valence-electron chi connectivity index (χ2n) is 5.13. The van der Waals surface area contributed by atoms with Gasteiger partial charge in [0.15, 0.2) is 0 Å². The van der Waals surface area contributed by atoms with Crippen LogP contribution in [-0.2, 0) is 6.42 Å². The van der Waals surface area contributed by atoms with E-state index in [1.807, 2.05) is 30.3 Å². The number of hydrogen-bond acceptors (Lipinski definition) is 2. The van der Waals surface area contributed by atoms with Gasteiger partial charge in [-0.25, -0.2) is 4.98 Å². The summed E-state index contributed by atoms with van der Waals surface area (Å²) < 4.78 is 0. The van der Waals surface area contributed by atoms with Gasteiger partial charge in [-0.1, -0.05) is 49.4 Å². The van der Waals surface area contributed by atoms with Gasteiger partial charge in [0.2, 0.25) is 5.95 Å². The molecule has 3 rings (SSSR count). The molecule has 3 nitrogen and oxygen atoms in total. The number of rotatable bonds is 4. The van der Waals surface area contributed by atoms with E-state index in [0.717, 1.165) is 35.0 Å². The van der Waals surface area contributed by atoms with Crippen molar-refractivity contribution in [2.24, 2.45) is 0 Å². The van der Waals surface area contributed by atoms with Crippen molar-refractivity contribution in [2.75, 3.05) is 5.32 Å². The van der Waals surface area contributed by atoms with Crippen LogP contribution in [-0.4, -0.2) is 9.97 Å². The Hall–Kier alpha value is -2.55. The fourth-order valence-corrected chi connectivity index (χ4v) is 2.42. The summed E-state index contributed by atoms with van der Waals surface area (Å²) in [6.45, 7) is 4.22. The van der Waals surface area contributed by atoms with Gasteiger partial charge in [0.1, 0.15) is 0 Å². The molecule has 3 aromatic rings. The Morgan fingerprint density at radius 2 is 1.86 bits per heavy atom. The summed E-state index contributed by atoms with van der Waals surface area (Å²) in [5.41, 5.74) is 5.59. The van der Waals surface area contributed by atoms with Crippen LogP contribution in [0.2, 0.25) is 0 Å². The molecule has 0 atom stereocenters. The lowest BCUT2D eigenvalue weighted by atomic mass is 10.1. The van der Waals surface area contributed by atoms with Gasteiger partial charge in [-0.15, -0.1) is 0 Å². The van der Waals surface area contributed by atoms with Crippen molar-refractivity contribution in [1.82, 2.24) is 9.97 Å². The van der Waals surface area contributed by atoms with Gasteiger partial charge in [-0.2, -0.15) is 0 Å². The third-order valence-electron chi connectivity index (χ3n) is 3.46. The number of hydrogen-bond donors (Lipinski definition) is 2. The summed E-state index contributed by atoms with van der Waals surface area (Å²) in [5.74, 6) is 0.788. The molecule has 1 heterocycles. The van der Waals surface area contributed by atoms with Crippen LogP contribution in [0.15, 0.2) is 54.6 Å². The van der Waals surface area contributed by atoms with Crippen LogP contribution in [0.3, 0.4) is 0 Å². The van der Waals surface area contributed by atoms with Crippen LogP contribution < -0.4 is 5.32 Å². The highest BCUT2D eigenvalue weighted by Gasteiger charge is 2.10. The van der Waals surface area contributed by atoms with Crippen molar-refractivity contribution in [3.05, 3.63) is 65.9 Å². The zero-order chi connectivity index (χ0) is 14.7. The average Bonchev–Trinajstić information content (AvgIpc) is 2.91.